The predicted molar refractivity (Wildman–Crippen MR) is 86.3 cm³/mol. The molecule has 0 spiro atoms. The summed E-state index contributed by atoms with van der Waals surface area (Å²) in [6.07, 6.45) is 5.90. The van der Waals surface area contributed by atoms with E-state index in [1.165, 1.54) is 11.8 Å². The van der Waals surface area contributed by atoms with Gasteiger partial charge in [-0.05, 0) is 55.8 Å². The van der Waals surface area contributed by atoms with E-state index in [1.807, 2.05) is 6.20 Å². The van der Waals surface area contributed by atoms with E-state index in [4.69, 9.17) is 5.73 Å². The molecule has 1 aromatic carbocycles. The second-order valence-corrected chi connectivity index (χ2v) is 6.39. The fourth-order valence-electron chi connectivity index (χ4n) is 3.42. The molecule has 2 aliphatic rings. The molecule has 1 aromatic rings. The fourth-order valence-corrected chi connectivity index (χ4v) is 3.84. The molecule has 120 valence electrons. The van der Waals surface area contributed by atoms with E-state index >= 15 is 0 Å². The third kappa shape index (κ3) is 2.94. The maximum Gasteiger partial charge on any atom is 0.145 e. The second kappa shape index (κ2) is 6.46. The zero-order valence-corrected chi connectivity index (χ0v) is 13.3. The van der Waals surface area contributed by atoms with E-state index in [1.54, 1.807) is 0 Å². The van der Waals surface area contributed by atoms with Crippen LogP contribution >= 0.6 is 12.6 Å². The lowest BCUT2D eigenvalue weighted by atomic mass is 9.87. The van der Waals surface area contributed by atoms with Crippen LogP contribution < -0.4 is 11.1 Å². The normalized spacial score (nSPS) is 24.0. The third-order valence-electron chi connectivity index (χ3n) is 4.46. The highest BCUT2D eigenvalue weighted by molar-refractivity contribution is 7.80. The molecule has 6 heteroatoms. The highest BCUT2D eigenvalue weighted by Crippen LogP contribution is 2.33. The minimum Gasteiger partial charge on any atom is -0.361 e. The molecule has 0 radical (unpaired) electrons. The Hall–Kier alpha value is -1.27. The molecule has 0 saturated heterocycles. The van der Waals surface area contributed by atoms with Gasteiger partial charge in [0, 0.05) is 24.0 Å². The van der Waals surface area contributed by atoms with E-state index in [0.717, 1.165) is 30.9 Å². The zero-order chi connectivity index (χ0) is 15.7. The number of fused-ring (bicyclic) bond motifs is 1. The van der Waals surface area contributed by atoms with Gasteiger partial charge in [0.2, 0.25) is 0 Å². The van der Waals surface area contributed by atoms with Crippen LogP contribution in [-0.2, 0) is 12.8 Å². The monoisotopic (exact) mass is 325 g/mol. The molecule has 3 rings (SSSR count). The molecule has 0 fully saturated rings. The molecule has 1 unspecified atom stereocenters. The Morgan fingerprint density at radius 1 is 1.36 bits per heavy atom. The Labute approximate surface area is 135 Å². The molecule has 3 nitrogen and oxygen atoms in total. The molecule has 0 amide bonds. The lowest BCUT2D eigenvalue weighted by Crippen LogP contribution is -2.43. The average molecular weight is 325 g/mol. The standard InChI is InChI=1S/C16H21F2N3S/c17-11-6-10-7-12(3-4-14(10)15(18)8-11)21-13(2-1-5-19)9-20-16(21)22/h6,8-9,12,16,20,22H,1-5,7,19H2/t12-,16?/m0/s1. The summed E-state index contributed by atoms with van der Waals surface area (Å²) >= 11 is 4.57. The molecule has 1 aliphatic heterocycles. The minimum absolute atomic E-state index is 0.0854. The van der Waals surface area contributed by atoms with E-state index < -0.39 is 11.6 Å². The Morgan fingerprint density at radius 3 is 2.95 bits per heavy atom. The summed E-state index contributed by atoms with van der Waals surface area (Å²) < 4.78 is 27.3. The van der Waals surface area contributed by atoms with Crippen LogP contribution in [0.2, 0.25) is 0 Å². The number of hydrogen-bond donors (Lipinski definition) is 3. The van der Waals surface area contributed by atoms with Crippen LogP contribution in [0.1, 0.15) is 30.4 Å². The number of rotatable bonds is 4. The third-order valence-corrected chi connectivity index (χ3v) is 4.86. The lowest BCUT2D eigenvalue weighted by Gasteiger charge is -2.38. The van der Waals surface area contributed by atoms with Crippen molar-refractivity contribution >= 4 is 12.6 Å². The highest BCUT2D eigenvalue weighted by Gasteiger charge is 2.32. The van der Waals surface area contributed by atoms with Crippen molar-refractivity contribution in [3.63, 3.8) is 0 Å². The van der Waals surface area contributed by atoms with Crippen molar-refractivity contribution in [2.24, 2.45) is 5.73 Å². The molecule has 1 aliphatic carbocycles. The molecule has 0 saturated carbocycles. The highest BCUT2D eigenvalue weighted by atomic mass is 32.1. The molecule has 0 aromatic heterocycles. The summed E-state index contributed by atoms with van der Waals surface area (Å²) in [5.41, 5.74) is 8.12. The number of nitrogens with two attached hydrogens (primary N) is 1. The van der Waals surface area contributed by atoms with Crippen LogP contribution in [0.4, 0.5) is 8.78 Å². The molecule has 22 heavy (non-hydrogen) atoms. The molecule has 1 heterocycles. The van der Waals surface area contributed by atoms with Crippen molar-refractivity contribution in [1.82, 2.24) is 10.2 Å². The maximum atomic E-state index is 13.9. The average Bonchev–Trinajstić information content (AvgIpc) is 2.85. The molecular formula is C16H21F2N3S. The van der Waals surface area contributed by atoms with Crippen LogP contribution in [0.25, 0.3) is 0 Å². The van der Waals surface area contributed by atoms with Gasteiger partial charge in [0.05, 0.1) is 0 Å². The van der Waals surface area contributed by atoms with Crippen LogP contribution in [0.5, 0.6) is 0 Å². The van der Waals surface area contributed by atoms with Crippen LogP contribution in [0.15, 0.2) is 24.0 Å². The number of nitrogens with one attached hydrogen (secondary N) is 1. The second-order valence-electron chi connectivity index (χ2n) is 5.90. The van der Waals surface area contributed by atoms with Gasteiger partial charge in [0.25, 0.3) is 0 Å². The molecule has 0 bridgehead atoms. The van der Waals surface area contributed by atoms with E-state index in [2.05, 4.69) is 22.8 Å². The van der Waals surface area contributed by atoms with Gasteiger partial charge in [-0.25, -0.2) is 8.78 Å². The summed E-state index contributed by atoms with van der Waals surface area (Å²) in [5.74, 6) is -0.924. The van der Waals surface area contributed by atoms with Gasteiger partial charge < -0.3 is 16.0 Å². The van der Waals surface area contributed by atoms with Crippen LogP contribution in [-0.4, -0.2) is 23.0 Å². The van der Waals surface area contributed by atoms with Gasteiger partial charge in [-0.2, -0.15) is 0 Å². The van der Waals surface area contributed by atoms with Crippen molar-refractivity contribution in [3.05, 3.63) is 46.8 Å². The van der Waals surface area contributed by atoms with E-state index in [9.17, 15) is 8.78 Å². The first-order chi connectivity index (χ1) is 10.6. The molecular weight excluding hydrogens is 304 g/mol. The summed E-state index contributed by atoms with van der Waals surface area (Å²) in [5, 5.41) is 3.21. The fraction of sp³-hybridized carbons (Fsp3) is 0.500. The van der Waals surface area contributed by atoms with Crippen molar-refractivity contribution in [2.45, 2.75) is 43.6 Å². The summed E-state index contributed by atoms with van der Waals surface area (Å²) in [6, 6.07) is 2.64. The van der Waals surface area contributed by atoms with E-state index in [0.29, 0.717) is 24.9 Å². The number of thiol groups is 1. The number of nitrogens with zero attached hydrogens (tertiary/aromatic N) is 1. The van der Waals surface area contributed by atoms with E-state index in [-0.39, 0.29) is 11.5 Å². The Balaban J connectivity index is 1.80. The Kier molecular flexibility index (Phi) is 4.59. The molecule has 3 N–H and O–H groups in total. The van der Waals surface area contributed by atoms with Crippen LogP contribution in [0, 0.1) is 11.6 Å². The first kappa shape index (κ1) is 15.6. The summed E-state index contributed by atoms with van der Waals surface area (Å²) in [4.78, 5) is 2.23. The van der Waals surface area contributed by atoms with Gasteiger partial charge in [0.1, 0.15) is 17.1 Å². The zero-order valence-electron chi connectivity index (χ0n) is 12.4. The largest absolute Gasteiger partial charge is 0.361 e. The van der Waals surface area contributed by atoms with Crippen molar-refractivity contribution in [2.75, 3.05) is 6.54 Å². The summed E-state index contributed by atoms with van der Waals surface area (Å²) in [6.45, 7) is 0.645. The number of allylic oxidation sites excluding steroid dienone is 1. The van der Waals surface area contributed by atoms with Gasteiger partial charge >= 0.3 is 0 Å². The van der Waals surface area contributed by atoms with Gasteiger partial charge in [-0.3, -0.25) is 0 Å². The molecule has 2 atom stereocenters. The Bertz CT molecular complexity index is 591. The smallest absolute Gasteiger partial charge is 0.145 e. The number of benzene rings is 1. The Morgan fingerprint density at radius 2 is 2.18 bits per heavy atom. The first-order valence-corrected chi connectivity index (χ1v) is 8.20. The van der Waals surface area contributed by atoms with Gasteiger partial charge in [-0.1, -0.05) is 0 Å². The first-order valence-electron chi connectivity index (χ1n) is 7.68. The number of hydrogen-bond acceptors (Lipinski definition) is 4. The summed E-state index contributed by atoms with van der Waals surface area (Å²) in [7, 11) is 0. The number of halogens is 2. The van der Waals surface area contributed by atoms with Crippen LogP contribution in [0.3, 0.4) is 0 Å². The maximum absolute atomic E-state index is 13.9. The predicted octanol–water partition coefficient (Wildman–Crippen LogP) is 2.52. The van der Waals surface area contributed by atoms with Crippen molar-refractivity contribution < 1.29 is 8.78 Å². The van der Waals surface area contributed by atoms with Gasteiger partial charge in [0.15, 0.2) is 0 Å². The lowest BCUT2D eigenvalue weighted by molar-refractivity contribution is 0.218. The SMILES string of the molecule is NCCCC1=CNC(S)N1[C@H]1CCc2c(F)cc(F)cc2C1. The van der Waals surface area contributed by atoms with Crippen molar-refractivity contribution in [1.29, 1.82) is 0 Å². The van der Waals surface area contributed by atoms with Crippen molar-refractivity contribution in [3.8, 4) is 0 Å². The minimum atomic E-state index is -0.502. The topological polar surface area (TPSA) is 41.3 Å². The quantitative estimate of drug-likeness (QED) is 0.745. The van der Waals surface area contributed by atoms with Gasteiger partial charge in [-0.15, -0.1) is 12.6 Å².